The summed E-state index contributed by atoms with van der Waals surface area (Å²) in [4.78, 5) is 14.6. The molecule has 1 heterocycles. The Labute approximate surface area is 100 Å². The first-order valence-corrected chi connectivity index (χ1v) is 6.23. The number of thioether (sulfide) groups is 1. The lowest BCUT2D eigenvalue weighted by atomic mass is 9.92. The first kappa shape index (κ1) is 13.1. The van der Waals surface area contributed by atoms with Gasteiger partial charge in [0.2, 0.25) is 0 Å². The molecule has 0 saturated heterocycles. The van der Waals surface area contributed by atoms with E-state index in [9.17, 15) is 4.79 Å². The smallest absolute Gasteiger partial charge is 0.313 e. The number of imidazole rings is 1. The predicted molar refractivity (Wildman–Crippen MR) is 64.7 cm³/mol. The molecular formula is C11H18N2O2S. The number of carbonyl (C=O) groups is 1. The number of rotatable bonds is 5. The zero-order valence-electron chi connectivity index (χ0n) is 9.93. The van der Waals surface area contributed by atoms with E-state index in [1.165, 1.54) is 11.8 Å². The Bertz CT molecular complexity index is 355. The van der Waals surface area contributed by atoms with Gasteiger partial charge in [-0.1, -0.05) is 32.5 Å². The molecule has 5 heteroatoms. The Hall–Kier alpha value is -0.970. The van der Waals surface area contributed by atoms with E-state index in [0.29, 0.717) is 0 Å². The SMILES string of the molecule is CC(C)(C)CCn1ccnc1SCC(=O)O. The number of aryl methyl sites for hydroxylation is 1. The average Bonchev–Trinajstić information content (AvgIpc) is 2.57. The molecule has 1 N–H and O–H groups in total. The molecule has 1 aromatic rings. The molecule has 0 amide bonds. The van der Waals surface area contributed by atoms with E-state index >= 15 is 0 Å². The molecule has 90 valence electrons. The lowest BCUT2D eigenvalue weighted by molar-refractivity contribution is -0.133. The maximum atomic E-state index is 10.5. The molecule has 0 unspecified atom stereocenters. The summed E-state index contributed by atoms with van der Waals surface area (Å²) in [6.07, 6.45) is 4.66. The molecule has 0 atom stereocenters. The summed E-state index contributed by atoms with van der Waals surface area (Å²) in [6.45, 7) is 7.45. The molecular weight excluding hydrogens is 224 g/mol. The second-order valence-electron chi connectivity index (χ2n) is 4.90. The highest BCUT2D eigenvalue weighted by Gasteiger charge is 2.12. The number of nitrogens with zero attached hydrogens (tertiary/aromatic N) is 2. The van der Waals surface area contributed by atoms with E-state index < -0.39 is 5.97 Å². The third kappa shape index (κ3) is 4.70. The third-order valence-electron chi connectivity index (χ3n) is 2.10. The van der Waals surface area contributed by atoms with Crippen LogP contribution in [0.15, 0.2) is 17.6 Å². The fraction of sp³-hybridized carbons (Fsp3) is 0.636. The highest BCUT2D eigenvalue weighted by atomic mass is 32.2. The van der Waals surface area contributed by atoms with Crippen molar-refractivity contribution in [3.05, 3.63) is 12.4 Å². The average molecular weight is 242 g/mol. The van der Waals surface area contributed by atoms with Crippen molar-refractivity contribution >= 4 is 17.7 Å². The van der Waals surface area contributed by atoms with Crippen LogP contribution in [0.25, 0.3) is 0 Å². The molecule has 1 rings (SSSR count). The van der Waals surface area contributed by atoms with Crippen molar-refractivity contribution in [1.29, 1.82) is 0 Å². The van der Waals surface area contributed by atoms with Gasteiger partial charge in [-0.15, -0.1) is 0 Å². The molecule has 0 aliphatic rings. The van der Waals surface area contributed by atoms with Gasteiger partial charge in [0.05, 0.1) is 5.75 Å². The molecule has 0 radical (unpaired) electrons. The summed E-state index contributed by atoms with van der Waals surface area (Å²) in [5, 5.41) is 9.39. The third-order valence-corrected chi connectivity index (χ3v) is 3.09. The molecule has 0 aromatic carbocycles. The number of hydrogen-bond acceptors (Lipinski definition) is 3. The molecule has 1 aromatic heterocycles. The highest BCUT2D eigenvalue weighted by molar-refractivity contribution is 7.99. The zero-order valence-corrected chi connectivity index (χ0v) is 10.8. The van der Waals surface area contributed by atoms with Crippen LogP contribution in [0.2, 0.25) is 0 Å². The Morgan fingerprint density at radius 1 is 1.56 bits per heavy atom. The van der Waals surface area contributed by atoms with Crippen LogP contribution in [-0.2, 0) is 11.3 Å². The molecule has 0 aliphatic carbocycles. The van der Waals surface area contributed by atoms with Gasteiger partial charge in [0.15, 0.2) is 5.16 Å². The molecule has 0 spiro atoms. The Kier molecular flexibility index (Phi) is 4.41. The van der Waals surface area contributed by atoms with Crippen LogP contribution in [0.3, 0.4) is 0 Å². The minimum absolute atomic E-state index is 0.0620. The Morgan fingerprint density at radius 3 is 2.81 bits per heavy atom. The summed E-state index contributed by atoms with van der Waals surface area (Å²) in [7, 11) is 0. The summed E-state index contributed by atoms with van der Waals surface area (Å²) >= 11 is 1.26. The van der Waals surface area contributed by atoms with Crippen molar-refractivity contribution in [2.24, 2.45) is 5.41 Å². The number of aliphatic carboxylic acids is 1. The second-order valence-corrected chi connectivity index (χ2v) is 5.84. The van der Waals surface area contributed by atoms with E-state index in [1.54, 1.807) is 6.20 Å². The largest absolute Gasteiger partial charge is 0.481 e. The number of hydrogen-bond donors (Lipinski definition) is 1. The second kappa shape index (κ2) is 5.39. The quantitative estimate of drug-likeness (QED) is 0.806. The number of carboxylic acid groups (broad SMARTS) is 1. The first-order valence-electron chi connectivity index (χ1n) is 5.24. The van der Waals surface area contributed by atoms with Crippen LogP contribution in [0.5, 0.6) is 0 Å². The van der Waals surface area contributed by atoms with Gasteiger partial charge in [-0.3, -0.25) is 4.79 Å². The van der Waals surface area contributed by atoms with Crippen LogP contribution >= 0.6 is 11.8 Å². The number of carboxylic acids is 1. The van der Waals surface area contributed by atoms with Crippen molar-refractivity contribution in [2.45, 2.75) is 38.9 Å². The maximum absolute atomic E-state index is 10.5. The summed E-state index contributed by atoms with van der Waals surface area (Å²) < 4.78 is 2.01. The fourth-order valence-corrected chi connectivity index (χ4v) is 1.89. The highest BCUT2D eigenvalue weighted by Crippen LogP contribution is 2.22. The molecule has 0 saturated carbocycles. The number of aromatic nitrogens is 2. The van der Waals surface area contributed by atoms with Gasteiger partial charge in [-0.25, -0.2) is 4.98 Å². The zero-order chi connectivity index (χ0) is 12.2. The van der Waals surface area contributed by atoms with Crippen LogP contribution in [0.1, 0.15) is 27.2 Å². The van der Waals surface area contributed by atoms with Gasteiger partial charge in [0.1, 0.15) is 0 Å². The van der Waals surface area contributed by atoms with Gasteiger partial charge >= 0.3 is 5.97 Å². The lowest BCUT2D eigenvalue weighted by Gasteiger charge is -2.18. The van der Waals surface area contributed by atoms with Crippen molar-refractivity contribution in [2.75, 3.05) is 5.75 Å². The fourth-order valence-electron chi connectivity index (χ4n) is 1.19. The monoisotopic (exact) mass is 242 g/mol. The van der Waals surface area contributed by atoms with E-state index in [4.69, 9.17) is 5.11 Å². The van der Waals surface area contributed by atoms with E-state index in [2.05, 4.69) is 25.8 Å². The van der Waals surface area contributed by atoms with Crippen LogP contribution in [0, 0.1) is 5.41 Å². The van der Waals surface area contributed by atoms with Crippen molar-refractivity contribution in [1.82, 2.24) is 9.55 Å². The minimum atomic E-state index is -0.810. The normalized spacial score (nSPS) is 11.7. The lowest BCUT2D eigenvalue weighted by Crippen LogP contribution is -2.11. The molecule has 4 nitrogen and oxygen atoms in total. The Balaban J connectivity index is 2.53. The van der Waals surface area contributed by atoms with Crippen LogP contribution in [0.4, 0.5) is 0 Å². The minimum Gasteiger partial charge on any atom is -0.481 e. The van der Waals surface area contributed by atoms with E-state index in [-0.39, 0.29) is 11.2 Å². The molecule has 16 heavy (non-hydrogen) atoms. The summed E-state index contributed by atoms with van der Waals surface area (Å²) in [5.74, 6) is -0.748. The first-order chi connectivity index (χ1) is 7.38. The van der Waals surface area contributed by atoms with E-state index in [0.717, 1.165) is 18.1 Å². The summed E-state index contributed by atoms with van der Waals surface area (Å²) in [5.41, 5.74) is 0.277. The molecule has 0 bridgehead atoms. The van der Waals surface area contributed by atoms with Gasteiger partial charge in [0.25, 0.3) is 0 Å². The van der Waals surface area contributed by atoms with Crippen molar-refractivity contribution < 1.29 is 9.90 Å². The Morgan fingerprint density at radius 2 is 2.25 bits per heavy atom. The van der Waals surface area contributed by atoms with Crippen LogP contribution in [-0.4, -0.2) is 26.4 Å². The van der Waals surface area contributed by atoms with Crippen molar-refractivity contribution in [3.8, 4) is 0 Å². The van der Waals surface area contributed by atoms with Crippen molar-refractivity contribution in [3.63, 3.8) is 0 Å². The standard InChI is InChI=1S/C11H18N2O2S/c1-11(2,3)4-6-13-7-5-12-10(13)16-8-9(14)15/h5,7H,4,6,8H2,1-3H3,(H,14,15). The molecule has 0 aliphatic heterocycles. The predicted octanol–water partition coefficient (Wildman–Crippen LogP) is 2.50. The maximum Gasteiger partial charge on any atom is 0.313 e. The van der Waals surface area contributed by atoms with Crippen LogP contribution < -0.4 is 0 Å². The van der Waals surface area contributed by atoms with Gasteiger partial charge < -0.3 is 9.67 Å². The molecule has 0 fully saturated rings. The van der Waals surface area contributed by atoms with Gasteiger partial charge in [-0.2, -0.15) is 0 Å². The summed E-state index contributed by atoms with van der Waals surface area (Å²) in [6, 6.07) is 0. The topological polar surface area (TPSA) is 55.1 Å². The van der Waals surface area contributed by atoms with E-state index in [1.807, 2.05) is 10.8 Å². The van der Waals surface area contributed by atoms with Gasteiger partial charge in [0, 0.05) is 18.9 Å². The van der Waals surface area contributed by atoms with Gasteiger partial charge in [-0.05, 0) is 11.8 Å².